The van der Waals surface area contributed by atoms with Crippen molar-refractivity contribution in [2.75, 3.05) is 19.8 Å². The maximum absolute atomic E-state index is 12.8. The van der Waals surface area contributed by atoms with Gasteiger partial charge in [0.05, 0.1) is 53.1 Å². The minimum atomic E-state index is -1.33. The van der Waals surface area contributed by atoms with Gasteiger partial charge >= 0.3 is 29.6 Å². The van der Waals surface area contributed by atoms with Crippen molar-refractivity contribution in [1.29, 1.82) is 0 Å². The first kappa shape index (κ1) is 23.4. The number of nitrogens with one attached hydrogen (secondary N) is 1. The van der Waals surface area contributed by atoms with Crippen LogP contribution in [-0.2, 0) is 26.0 Å². The van der Waals surface area contributed by atoms with Crippen LogP contribution >= 0.6 is 0 Å². The van der Waals surface area contributed by atoms with Crippen LogP contribution < -0.4 is 34.3 Å². The number of pyridine rings is 1. The third kappa shape index (κ3) is 5.49. The van der Waals surface area contributed by atoms with E-state index >= 15 is 0 Å². The van der Waals surface area contributed by atoms with E-state index in [-0.39, 0.29) is 36.7 Å². The first-order valence-corrected chi connectivity index (χ1v) is 11.0. The SMILES string of the molecule is Cc1c(OCCC2(C)OCCCO2)ccnc1CS(=O)c1nc2ccccc2[nH]1.[H-].[Na+]. The van der Waals surface area contributed by atoms with Gasteiger partial charge in [0.2, 0.25) is 0 Å². The zero-order valence-electron chi connectivity index (χ0n) is 18.6. The van der Waals surface area contributed by atoms with Crippen molar-refractivity contribution in [3.8, 4) is 5.75 Å². The number of para-hydroxylation sites is 2. The molecule has 1 N–H and O–H groups in total. The molecule has 3 aromatic rings. The monoisotopic (exact) mass is 439 g/mol. The van der Waals surface area contributed by atoms with E-state index in [4.69, 9.17) is 14.2 Å². The molecule has 1 atom stereocenters. The van der Waals surface area contributed by atoms with Crippen molar-refractivity contribution in [3.05, 3.63) is 47.8 Å². The Morgan fingerprint density at radius 3 is 2.80 bits per heavy atom. The predicted octanol–water partition coefficient (Wildman–Crippen LogP) is 0.613. The molecule has 30 heavy (non-hydrogen) atoms. The number of fused-ring (bicyclic) bond motifs is 1. The fourth-order valence-electron chi connectivity index (χ4n) is 3.26. The van der Waals surface area contributed by atoms with Gasteiger partial charge in [0, 0.05) is 18.2 Å². The maximum atomic E-state index is 12.8. The van der Waals surface area contributed by atoms with Gasteiger partial charge in [-0.3, -0.25) is 9.19 Å². The van der Waals surface area contributed by atoms with Gasteiger partial charge in [0.15, 0.2) is 10.9 Å². The number of imidazole rings is 1. The Morgan fingerprint density at radius 2 is 2.03 bits per heavy atom. The number of aromatic nitrogens is 3. The summed E-state index contributed by atoms with van der Waals surface area (Å²) in [6.07, 6.45) is 3.24. The maximum Gasteiger partial charge on any atom is 1.00 e. The van der Waals surface area contributed by atoms with Crippen molar-refractivity contribution < 1.29 is 49.4 Å². The second kappa shape index (κ2) is 10.3. The van der Waals surface area contributed by atoms with E-state index in [1.54, 1.807) is 6.20 Å². The first-order valence-electron chi connectivity index (χ1n) is 9.72. The predicted molar refractivity (Wildman–Crippen MR) is 111 cm³/mol. The quantitative estimate of drug-likeness (QED) is 0.543. The molecule has 0 radical (unpaired) electrons. The Balaban J connectivity index is 0.00000171. The molecule has 2 aromatic heterocycles. The number of ether oxygens (including phenoxy) is 3. The van der Waals surface area contributed by atoms with Gasteiger partial charge in [-0.05, 0) is 38.5 Å². The molecule has 0 spiro atoms. The average Bonchev–Trinajstić information content (AvgIpc) is 3.16. The summed E-state index contributed by atoms with van der Waals surface area (Å²) in [6.45, 7) is 5.76. The van der Waals surface area contributed by atoms with Crippen LogP contribution in [0.25, 0.3) is 11.0 Å². The molecule has 7 nitrogen and oxygen atoms in total. The summed E-state index contributed by atoms with van der Waals surface area (Å²) in [4.78, 5) is 12.0. The molecule has 156 valence electrons. The van der Waals surface area contributed by atoms with Crippen molar-refractivity contribution in [2.24, 2.45) is 0 Å². The largest absolute Gasteiger partial charge is 1.00 e. The number of aromatic amines is 1. The molecule has 1 unspecified atom stereocenters. The van der Waals surface area contributed by atoms with Gasteiger partial charge in [-0.25, -0.2) is 4.98 Å². The van der Waals surface area contributed by atoms with Gasteiger partial charge in [-0.2, -0.15) is 0 Å². The second-order valence-corrected chi connectivity index (χ2v) is 8.58. The molecule has 1 aromatic carbocycles. The number of hydrogen-bond acceptors (Lipinski definition) is 6. The number of H-pyrrole nitrogens is 1. The van der Waals surface area contributed by atoms with E-state index in [2.05, 4.69) is 15.0 Å². The minimum Gasteiger partial charge on any atom is -1.00 e. The zero-order chi connectivity index (χ0) is 20.3. The van der Waals surface area contributed by atoms with E-state index in [9.17, 15) is 4.21 Å². The fourth-order valence-corrected chi connectivity index (χ4v) is 4.36. The summed E-state index contributed by atoms with van der Waals surface area (Å²) in [5, 5.41) is 0.457. The molecule has 4 rings (SSSR count). The van der Waals surface area contributed by atoms with E-state index < -0.39 is 16.6 Å². The Hall–Kier alpha value is -1.29. The summed E-state index contributed by atoms with van der Waals surface area (Å²) in [6, 6.07) is 9.47. The van der Waals surface area contributed by atoms with E-state index in [1.807, 2.05) is 44.2 Å². The van der Waals surface area contributed by atoms with Crippen LogP contribution in [0.5, 0.6) is 5.75 Å². The Bertz CT molecular complexity index is 994. The van der Waals surface area contributed by atoms with Crippen molar-refractivity contribution in [1.82, 2.24) is 15.0 Å². The van der Waals surface area contributed by atoms with E-state index in [1.165, 1.54) is 0 Å². The summed E-state index contributed by atoms with van der Waals surface area (Å²) < 4.78 is 30.2. The van der Waals surface area contributed by atoms with Crippen LogP contribution in [0.3, 0.4) is 0 Å². The smallest absolute Gasteiger partial charge is 1.00 e. The summed E-state index contributed by atoms with van der Waals surface area (Å²) in [5.41, 5.74) is 3.29. The normalized spacial score (nSPS) is 16.7. The van der Waals surface area contributed by atoms with Crippen LogP contribution in [0.4, 0.5) is 0 Å². The standard InChI is InChI=1S/C21H25N3O4S.Na.H/c1-15-18(14-29(25)20-23-16-6-3-4-7-17(16)24-20)22-10-8-19(15)26-13-9-21(2)27-11-5-12-28-21;;/h3-4,6-8,10H,5,9,11-14H2,1-2H3,(H,23,24);;/q;+1;-1. The van der Waals surface area contributed by atoms with Gasteiger partial charge in [-0.15, -0.1) is 0 Å². The molecular weight excluding hydrogens is 413 g/mol. The fraction of sp³-hybridized carbons (Fsp3) is 0.429. The third-order valence-electron chi connectivity index (χ3n) is 5.03. The Kier molecular flexibility index (Phi) is 8.06. The summed E-state index contributed by atoms with van der Waals surface area (Å²) in [7, 11) is -1.33. The first-order chi connectivity index (χ1) is 14.0. The Morgan fingerprint density at radius 1 is 1.27 bits per heavy atom. The molecule has 1 fully saturated rings. The topological polar surface area (TPSA) is 86.3 Å². The molecule has 0 aliphatic carbocycles. The summed E-state index contributed by atoms with van der Waals surface area (Å²) >= 11 is 0. The molecule has 0 amide bonds. The molecule has 9 heteroatoms. The molecule has 3 heterocycles. The van der Waals surface area contributed by atoms with Crippen LogP contribution in [0.2, 0.25) is 0 Å². The van der Waals surface area contributed by atoms with Gasteiger partial charge in [0.25, 0.3) is 0 Å². The average molecular weight is 440 g/mol. The van der Waals surface area contributed by atoms with E-state index in [0.717, 1.165) is 34.5 Å². The minimum absolute atomic E-state index is 0. The molecule has 0 bridgehead atoms. The van der Waals surface area contributed by atoms with Gasteiger partial charge < -0.3 is 20.6 Å². The van der Waals surface area contributed by atoms with Crippen LogP contribution in [-0.4, -0.2) is 44.8 Å². The second-order valence-electron chi connectivity index (χ2n) is 7.21. The van der Waals surface area contributed by atoms with Gasteiger partial charge in [-0.1, -0.05) is 12.1 Å². The van der Waals surface area contributed by atoms with Crippen molar-refractivity contribution in [3.63, 3.8) is 0 Å². The molecule has 1 aliphatic heterocycles. The molecule has 0 saturated carbocycles. The third-order valence-corrected chi connectivity index (χ3v) is 6.19. The molecule has 1 aliphatic rings. The number of rotatable bonds is 7. The summed E-state index contributed by atoms with van der Waals surface area (Å²) in [5.74, 6) is 0.411. The van der Waals surface area contributed by atoms with Gasteiger partial charge in [0.1, 0.15) is 5.75 Å². The number of hydrogen-bond donors (Lipinski definition) is 1. The molecule has 1 saturated heterocycles. The number of nitrogens with zero attached hydrogens (tertiary/aromatic N) is 2. The van der Waals surface area contributed by atoms with Crippen LogP contribution in [0, 0.1) is 6.92 Å². The van der Waals surface area contributed by atoms with Crippen molar-refractivity contribution >= 4 is 21.8 Å². The zero-order valence-corrected chi connectivity index (χ0v) is 20.5. The Labute approximate surface area is 202 Å². The van der Waals surface area contributed by atoms with Crippen LogP contribution in [0.1, 0.15) is 32.4 Å². The number of benzene rings is 1. The molecular formula is C21H26N3NaO4S. The van der Waals surface area contributed by atoms with Crippen LogP contribution in [0.15, 0.2) is 41.7 Å². The van der Waals surface area contributed by atoms with E-state index in [0.29, 0.717) is 31.4 Å². The van der Waals surface area contributed by atoms with Crippen molar-refractivity contribution in [2.45, 2.75) is 43.4 Å².